The zero-order chi connectivity index (χ0) is 18.5. The van der Waals surface area contributed by atoms with Gasteiger partial charge in [-0.25, -0.2) is 4.79 Å². The highest BCUT2D eigenvalue weighted by molar-refractivity contribution is 8.15. The Bertz CT molecular complexity index is 746. The van der Waals surface area contributed by atoms with Crippen LogP contribution in [0.2, 0.25) is 0 Å². The highest BCUT2D eigenvalue weighted by Gasteiger charge is 2.33. The first-order valence-corrected chi connectivity index (χ1v) is 9.05. The number of carbonyl (C=O) groups excluding carboxylic acids is 3. The molecule has 1 fully saturated rings. The molecule has 1 aromatic carbocycles. The first-order valence-electron chi connectivity index (χ1n) is 8.17. The van der Waals surface area contributed by atoms with Crippen LogP contribution < -0.4 is 5.32 Å². The highest BCUT2D eigenvalue weighted by Crippen LogP contribution is 2.28. The van der Waals surface area contributed by atoms with Crippen LogP contribution in [0.15, 0.2) is 29.3 Å². The van der Waals surface area contributed by atoms with E-state index < -0.39 is 11.2 Å². The summed E-state index contributed by atoms with van der Waals surface area (Å²) in [6, 6.07) is 6.57. The maximum atomic E-state index is 12.3. The molecule has 3 rings (SSSR count). The van der Waals surface area contributed by atoms with Crippen molar-refractivity contribution in [1.29, 1.82) is 0 Å². The van der Waals surface area contributed by atoms with Gasteiger partial charge in [-0.15, -0.1) is 0 Å². The number of thioether (sulfide) groups is 1. The average molecular weight is 377 g/mol. The Morgan fingerprint density at radius 3 is 2.81 bits per heavy atom. The topological polar surface area (TPSA) is 97.3 Å². The van der Waals surface area contributed by atoms with Crippen molar-refractivity contribution >= 4 is 40.4 Å². The number of ether oxygens (including phenoxy) is 2. The molecule has 2 aliphatic rings. The van der Waals surface area contributed by atoms with Gasteiger partial charge >= 0.3 is 5.97 Å². The Kier molecular flexibility index (Phi) is 5.89. The molecule has 138 valence electrons. The van der Waals surface area contributed by atoms with Gasteiger partial charge in [-0.2, -0.15) is 4.99 Å². The van der Waals surface area contributed by atoms with Crippen molar-refractivity contribution in [3.8, 4) is 0 Å². The summed E-state index contributed by atoms with van der Waals surface area (Å²) in [4.78, 5) is 42.3. The number of hydrogen-bond donors (Lipinski definition) is 1. The summed E-state index contributed by atoms with van der Waals surface area (Å²) in [5.41, 5.74) is 0.619. The normalized spacial score (nSPS) is 19.9. The number of amides is 2. The number of carbonyl (C=O) groups is 3. The molecular formula is C17H19N3O5S. The number of benzene rings is 1. The summed E-state index contributed by atoms with van der Waals surface area (Å²) >= 11 is 1.30. The predicted molar refractivity (Wildman–Crippen MR) is 97.2 cm³/mol. The van der Waals surface area contributed by atoms with Crippen molar-refractivity contribution in [2.24, 2.45) is 4.99 Å². The molecule has 2 amide bonds. The molecule has 1 saturated heterocycles. The molecule has 1 atom stereocenters. The molecule has 1 aromatic rings. The standard InChI is InChI=1S/C17H19N3O5S/c1-24-16(23)11-4-2-3-5-12(11)18-14(21)10-13-15(22)19-17(26-13)20-6-8-25-9-7-20/h2-5,13H,6-10H2,1H3,(H,18,21). The lowest BCUT2D eigenvalue weighted by atomic mass is 10.1. The number of amidine groups is 1. The molecule has 0 bridgehead atoms. The smallest absolute Gasteiger partial charge is 0.339 e. The zero-order valence-corrected chi connectivity index (χ0v) is 15.1. The van der Waals surface area contributed by atoms with E-state index in [1.807, 2.05) is 4.90 Å². The third-order valence-electron chi connectivity index (χ3n) is 3.99. The fourth-order valence-corrected chi connectivity index (χ4v) is 3.77. The molecule has 1 N–H and O–H groups in total. The Hall–Kier alpha value is -2.39. The molecule has 26 heavy (non-hydrogen) atoms. The number of para-hydroxylation sites is 1. The number of methoxy groups -OCH3 is 1. The van der Waals surface area contributed by atoms with Gasteiger partial charge in [0.1, 0.15) is 5.25 Å². The van der Waals surface area contributed by atoms with Crippen molar-refractivity contribution in [3.05, 3.63) is 29.8 Å². The molecule has 0 aliphatic carbocycles. The van der Waals surface area contributed by atoms with E-state index in [1.54, 1.807) is 24.3 Å². The monoisotopic (exact) mass is 377 g/mol. The Morgan fingerprint density at radius 1 is 1.35 bits per heavy atom. The minimum Gasteiger partial charge on any atom is -0.465 e. The van der Waals surface area contributed by atoms with E-state index in [4.69, 9.17) is 9.47 Å². The van der Waals surface area contributed by atoms with Crippen LogP contribution in [0.25, 0.3) is 0 Å². The van der Waals surface area contributed by atoms with E-state index >= 15 is 0 Å². The summed E-state index contributed by atoms with van der Waals surface area (Å²) in [6.07, 6.45) is -0.0175. The minimum absolute atomic E-state index is 0.0175. The molecule has 0 aromatic heterocycles. The molecule has 0 spiro atoms. The molecule has 1 unspecified atom stereocenters. The molecule has 0 saturated carbocycles. The van der Waals surface area contributed by atoms with E-state index in [0.717, 1.165) is 0 Å². The number of rotatable bonds is 4. The predicted octanol–water partition coefficient (Wildman–Crippen LogP) is 1.13. The number of nitrogens with one attached hydrogen (secondary N) is 1. The van der Waals surface area contributed by atoms with Crippen LogP contribution in [-0.4, -0.2) is 66.5 Å². The summed E-state index contributed by atoms with van der Waals surface area (Å²) in [7, 11) is 1.28. The number of aliphatic imine (C=N–C) groups is 1. The Balaban J connectivity index is 1.59. The van der Waals surface area contributed by atoms with Crippen molar-refractivity contribution in [2.45, 2.75) is 11.7 Å². The van der Waals surface area contributed by atoms with Crippen molar-refractivity contribution in [2.75, 3.05) is 38.7 Å². The van der Waals surface area contributed by atoms with E-state index in [1.165, 1.54) is 18.9 Å². The molecule has 0 radical (unpaired) electrons. The average Bonchev–Trinajstić information content (AvgIpc) is 3.02. The van der Waals surface area contributed by atoms with Crippen molar-refractivity contribution in [3.63, 3.8) is 0 Å². The summed E-state index contributed by atoms with van der Waals surface area (Å²) in [6.45, 7) is 2.57. The molecule has 9 heteroatoms. The maximum absolute atomic E-state index is 12.3. The lowest BCUT2D eigenvalue weighted by Crippen LogP contribution is -2.39. The van der Waals surface area contributed by atoms with Gasteiger partial charge in [0.15, 0.2) is 5.17 Å². The fourth-order valence-electron chi connectivity index (χ4n) is 2.65. The van der Waals surface area contributed by atoms with Gasteiger partial charge < -0.3 is 19.7 Å². The van der Waals surface area contributed by atoms with E-state index in [-0.39, 0.29) is 23.8 Å². The molecule has 2 heterocycles. The van der Waals surface area contributed by atoms with Gasteiger partial charge in [0.2, 0.25) is 5.91 Å². The highest BCUT2D eigenvalue weighted by atomic mass is 32.2. The number of morpholine rings is 1. The molecular weight excluding hydrogens is 358 g/mol. The number of hydrogen-bond acceptors (Lipinski definition) is 7. The van der Waals surface area contributed by atoms with E-state index in [2.05, 4.69) is 10.3 Å². The van der Waals surface area contributed by atoms with Gasteiger partial charge in [0, 0.05) is 19.5 Å². The van der Waals surface area contributed by atoms with Gasteiger partial charge in [-0.1, -0.05) is 23.9 Å². The second kappa shape index (κ2) is 8.33. The van der Waals surface area contributed by atoms with Crippen LogP contribution >= 0.6 is 11.8 Å². The van der Waals surface area contributed by atoms with Crippen molar-refractivity contribution in [1.82, 2.24) is 4.90 Å². The van der Waals surface area contributed by atoms with Gasteiger partial charge in [-0.05, 0) is 12.1 Å². The number of anilines is 1. The van der Waals surface area contributed by atoms with E-state index in [0.29, 0.717) is 37.2 Å². The van der Waals surface area contributed by atoms with Crippen LogP contribution in [0.1, 0.15) is 16.8 Å². The first-order chi connectivity index (χ1) is 12.6. The lowest BCUT2D eigenvalue weighted by Gasteiger charge is -2.27. The largest absolute Gasteiger partial charge is 0.465 e. The number of esters is 1. The second-order valence-electron chi connectivity index (χ2n) is 5.73. The van der Waals surface area contributed by atoms with Gasteiger partial charge in [-0.3, -0.25) is 9.59 Å². The quantitative estimate of drug-likeness (QED) is 0.786. The van der Waals surface area contributed by atoms with Crippen LogP contribution in [0, 0.1) is 0 Å². The van der Waals surface area contributed by atoms with Crippen molar-refractivity contribution < 1.29 is 23.9 Å². The summed E-state index contributed by atoms with van der Waals surface area (Å²) in [5, 5.41) is 2.76. The minimum atomic E-state index is -0.557. The fraction of sp³-hybridized carbons (Fsp3) is 0.412. The maximum Gasteiger partial charge on any atom is 0.339 e. The van der Waals surface area contributed by atoms with Gasteiger partial charge in [0.25, 0.3) is 5.91 Å². The third-order valence-corrected chi connectivity index (χ3v) is 5.20. The number of nitrogens with zero attached hydrogens (tertiary/aromatic N) is 2. The van der Waals surface area contributed by atoms with Crippen LogP contribution in [0.3, 0.4) is 0 Å². The third kappa shape index (κ3) is 4.23. The van der Waals surface area contributed by atoms with Gasteiger partial charge in [0.05, 0.1) is 31.6 Å². The van der Waals surface area contributed by atoms with E-state index in [9.17, 15) is 14.4 Å². The van der Waals surface area contributed by atoms with Crippen LogP contribution in [-0.2, 0) is 19.1 Å². The summed E-state index contributed by atoms with van der Waals surface area (Å²) < 4.78 is 10.00. The lowest BCUT2D eigenvalue weighted by molar-refractivity contribution is -0.121. The summed E-state index contributed by atoms with van der Waals surface area (Å²) in [5.74, 6) is -1.20. The molecule has 8 nitrogen and oxygen atoms in total. The van der Waals surface area contributed by atoms with Crippen LogP contribution in [0.4, 0.5) is 5.69 Å². The molecule has 2 aliphatic heterocycles. The Labute approximate surface area is 154 Å². The first kappa shape index (κ1) is 18.4. The van der Waals surface area contributed by atoms with Crippen LogP contribution in [0.5, 0.6) is 0 Å². The zero-order valence-electron chi connectivity index (χ0n) is 14.3. The Morgan fingerprint density at radius 2 is 2.08 bits per heavy atom. The SMILES string of the molecule is COC(=O)c1ccccc1NC(=O)CC1SC(N2CCOCC2)=NC1=O. The second-order valence-corrected chi connectivity index (χ2v) is 6.90.